The molecule has 0 saturated carbocycles. The average molecular weight is 408 g/mol. The van der Waals surface area contributed by atoms with Crippen LogP contribution in [0.5, 0.6) is 0 Å². The molecule has 6 heteroatoms. The Morgan fingerprint density at radius 1 is 1.04 bits per heavy atom. The number of aliphatic hydroxyl groups is 1. The highest BCUT2D eigenvalue weighted by Crippen LogP contribution is 2.33. The van der Waals surface area contributed by atoms with E-state index in [9.17, 15) is 13.5 Å². The van der Waals surface area contributed by atoms with Gasteiger partial charge in [-0.05, 0) is 62.6 Å². The summed E-state index contributed by atoms with van der Waals surface area (Å²) in [6, 6.07) is 14.4. The van der Waals surface area contributed by atoms with Gasteiger partial charge < -0.3 is 10.0 Å². The molecule has 0 radical (unpaired) electrons. The van der Waals surface area contributed by atoms with E-state index >= 15 is 0 Å². The van der Waals surface area contributed by atoms with Gasteiger partial charge in [0.25, 0.3) is 0 Å². The molecule has 0 spiro atoms. The van der Waals surface area contributed by atoms with Crippen molar-refractivity contribution in [1.82, 2.24) is 4.90 Å². The zero-order valence-electron chi connectivity index (χ0n) is 15.6. The SMILES string of the molecule is Cc1ccc(S(=O)(=O)CCCN2CCC(O)(c3ccc(Cl)cc3)CC2)cc1. The summed E-state index contributed by atoms with van der Waals surface area (Å²) >= 11 is 5.93. The van der Waals surface area contributed by atoms with Crippen LogP contribution in [0.2, 0.25) is 5.02 Å². The molecule has 0 aliphatic carbocycles. The minimum atomic E-state index is -3.24. The van der Waals surface area contributed by atoms with Crippen LogP contribution in [-0.2, 0) is 15.4 Å². The molecule has 1 fully saturated rings. The van der Waals surface area contributed by atoms with Crippen molar-refractivity contribution in [2.75, 3.05) is 25.4 Å². The third kappa shape index (κ3) is 5.11. The standard InChI is InChI=1S/C21H26ClNO3S/c1-17-3-9-20(10-4-17)27(25,26)16-2-13-23-14-11-21(24,12-15-23)18-5-7-19(22)8-6-18/h3-10,24H,2,11-16H2,1H3. The molecule has 2 aromatic carbocycles. The maximum absolute atomic E-state index is 12.4. The number of nitrogens with zero attached hydrogens (tertiary/aromatic N) is 1. The van der Waals surface area contributed by atoms with Crippen molar-refractivity contribution >= 4 is 21.4 Å². The second-order valence-electron chi connectivity index (χ2n) is 7.37. The van der Waals surface area contributed by atoms with Gasteiger partial charge >= 0.3 is 0 Å². The fraction of sp³-hybridized carbons (Fsp3) is 0.429. The van der Waals surface area contributed by atoms with Crippen LogP contribution < -0.4 is 0 Å². The zero-order valence-corrected chi connectivity index (χ0v) is 17.1. The van der Waals surface area contributed by atoms with E-state index in [0.29, 0.717) is 29.2 Å². The van der Waals surface area contributed by atoms with E-state index in [-0.39, 0.29) is 5.75 Å². The van der Waals surface area contributed by atoms with Gasteiger partial charge in [0, 0.05) is 18.1 Å². The van der Waals surface area contributed by atoms with Gasteiger partial charge in [0.05, 0.1) is 16.2 Å². The van der Waals surface area contributed by atoms with Gasteiger partial charge in [-0.25, -0.2) is 8.42 Å². The molecule has 0 aromatic heterocycles. The Kier molecular flexibility index (Phi) is 6.26. The Morgan fingerprint density at radius 3 is 2.22 bits per heavy atom. The summed E-state index contributed by atoms with van der Waals surface area (Å²) in [6.07, 6.45) is 1.87. The third-order valence-corrected chi connectivity index (χ3v) is 7.40. The van der Waals surface area contributed by atoms with Gasteiger partial charge in [-0.3, -0.25) is 0 Å². The highest BCUT2D eigenvalue weighted by atomic mass is 35.5. The van der Waals surface area contributed by atoms with E-state index in [1.165, 1.54) is 0 Å². The first-order chi connectivity index (χ1) is 12.8. The molecule has 1 heterocycles. The molecule has 0 unspecified atom stereocenters. The third-order valence-electron chi connectivity index (χ3n) is 5.33. The molecular weight excluding hydrogens is 382 g/mol. The quantitative estimate of drug-likeness (QED) is 0.791. The van der Waals surface area contributed by atoms with Crippen LogP contribution in [0.1, 0.15) is 30.4 Å². The average Bonchev–Trinajstić information content (AvgIpc) is 2.64. The monoisotopic (exact) mass is 407 g/mol. The van der Waals surface area contributed by atoms with E-state index in [0.717, 1.165) is 30.8 Å². The minimum Gasteiger partial charge on any atom is -0.385 e. The number of halogens is 1. The first-order valence-electron chi connectivity index (χ1n) is 9.29. The number of likely N-dealkylation sites (tertiary alicyclic amines) is 1. The van der Waals surface area contributed by atoms with Crippen LogP contribution in [0, 0.1) is 6.92 Å². The molecule has 0 amide bonds. The summed E-state index contributed by atoms with van der Waals surface area (Å²) in [6.45, 7) is 4.17. The van der Waals surface area contributed by atoms with E-state index in [1.807, 2.05) is 31.2 Å². The summed E-state index contributed by atoms with van der Waals surface area (Å²) in [5, 5.41) is 11.6. The predicted molar refractivity (Wildman–Crippen MR) is 109 cm³/mol. The fourth-order valence-corrected chi connectivity index (χ4v) is 4.96. The van der Waals surface area contributed by atoms with Gasteiger partial charge in [0.15, 0.2) is 9.84 Å². The molecule has 3 rings (SSSR count). The van der Waals surface area contributed by atoms with E-state index in [2.05, 4.69) is 4.90 Å². The summed E-state index contributed by atoms with van der Waals surface area (Å²) < 4.78 is 24.9. The number of hydrogen-bond donors (Lipinski definition) is 1. The van der Waals surface area contributed by atoms with Gasteiger partial charge in [-0.2, -0.15) is 0 Å². The molecular formula is C21H26ClNO3S. The zero-order chi connectivity index (χ0) is 19.5. The molecule has 146 valence electrons. The fourth-order valence-electron chi connectivity index (χ4n) is 3.54. The number of aryl methyl sites for hydroxylation is 1. The summed E-state index contributed by atoms with van der Waals surface area (Å²) in [4.78, 5) is 2.62. The predicted octanol–water partition coefficient (Wildman–Crippen LogP) is 3.80. The van der Waals surface area contributed by atoms with Crippen molar-refractivity contribution in [2.24, 2.45) is 0 Å². The van der Waals surface area contributed by atoms with Crippen LogP contribution in [-0.4, -0.2) is 43.8 Å². The maximum atomic E-state index is 12.4. The Bertz CT molecular complexity index is 855. The second-order valence-corrected chi connectivity index (χ2v) is 9.91. The van der Waals surface area contributed by atoms with Crippen molar-refractivity contribution in [3.8, 4) is 0 Å². The van der Waals surface area contributed by atoms with E-state index < -0.39 is 15.4 Å². The number of benzene rings is 2. The Hall–Kier alpha value is -1.40. The van der Waals surface area contributed by atoms with Crippen LogP contribution in [0.3, 0.4) is 0 Å². The number of piperidine rings is 1. The van der Waals surface area contributed by atoms with Crippen LogP contribution in [0.15, 0.2) is 53.4 Å². The largest absolute Gasteiger partial charge is 0.385 e. The molecule has 1 saturated heterocycles. The second kappa shape index (κ2) is 8.31. The number of hydrogen-bond acceptors (Lipinski definition) is 4. The van der Waals surface area contributed by atoms with Crippen molar-refractivity contribution in [2.45, 2.75) is 36.7 Å². The van der Waals surface area contributed by atoms with Gasteiger partial charge in [0.2, 0.25) is 0 Å². The van der Waals surface area contributed by atoms with Gasteiger partial charge in [0.1, 0.15) is 0 Å². The molecule has 4 nitrogen and oxygen atoms in total. The summed E-state index contributed by atoms with van der Waals surface area (Å²) in [5.74, 6) is 0.147. The molecule has 1 aliphatic rings. The summed E-state index contributed by atoms with van der Waals surface area (Å²) in [7, 11) is -3.24. The normalized spacial score (nSPS) is 17.7. The highest BCUT2D eigenvalue weighted by molar-refractivity contribution is 7.91. The van der Waals surface area contributed by atoms with E-state index in [4.69, 9.17) is 11.6 Å². The maximum Gasteiger partial charge on any atom is 0.178 e. The lowest BCUT2D eigenvalue weighted by atomic mass is 9.84. The highest BCUT2D eigenvalue weighted by Gasteiger charge is 2.33. The lowest BCUT2D eigenvalue weighted by Crippen LogP contribution is -2.43. The van der Waals surface area contributed by atoms with Crippen LogP contribution in [0.25, 0.3) is 0 Å². The lowest BCUT2D eigenvalue weighted by molar-refractivity contribution is -0.0257. The molecule has 27 heavy (non-hydrogen) atoms. The Balaban J connectivity index is 1.49. The first kappa shape index (κ1) is 20.3. The molecule has 0 atom stereocenters. The lowest BCUT2D eigenvalue weighted by Gasteiger charge is -2.38. The van der Waals surface area contributed by atoms with Crippen molar-refractivity contribution in [3.63, 3.8) is 0 Å². The number of rotatable bonds is 6. The van der Waals surface area contributed by atoms with Crippen molar-refractivity contribution < 1.29 is 13.5 Å². The topological polar surface area (TPSA) is 57.6 Å². The molecule has 1 aliphatic heterocycles. The van der Waals surface area contributed by atoms with Crippen molar-refractivity contribution in [1.29, 1.82) is 0 Å². The summed E-state index contributed by atoms with van der Waals surface area (Å²) in [5.41, 5.74) is 1.12. The van der Waals surface area contributed by atoms with Crippen LogP contribution in [0.4, 0.5) is 0 Å². The molecule has 1 N–H and O–H groups in total. The minimum absolute atomic E-state index is 0.147. The smallest absolute Gasteiger partial charge is 0.178 e. The van der Waals surface area contributed by atoms with Gasteiger partial charge in [-0.1, -0.05) is 41.4 Å². The Morgan fingerprint density at radius 2 is 1.63 bits per heavy atom. The number of sulfone groups is 1. The van der Waals surface area contributed by atoms with Crippen LogP contribution >= 0.6 is 11.6 Å². The van der Waals surface area contributed by atoms with Crippen molar-refractivity contribution in [3.05, 3.63) is 64.7 Å². The Labute approximate surface area is 166 Å². The molecule has 0 bridgehead atoms. The van der Waals surface area contributed by atoms with Gasteiger partial charge in [-0.15, -0.1) is 0 Å². The van der Waals surface area contributed by atoms with E-state index in [1.54, 1.807) is 24.3 Å². The molecule has 2 aromatic rings. The first-order valence-corrected chi connectivity index (χ1v) is 11.3.